The Hall–Kier alpha value is -2.74. The highest BCUT2D eigenvalue weighted by Crippen LogP contribution is 2.35. The van der Waals surface area contributed by atoms with Gasteiger partial charge < -0.3 is 21.4 Å². The number of aromatic nitrogens is 4. The number of anilines is 2. The van der Waals surface area contributed by atoms with Crippen LogP contribution in [0.25, 0.3) is 11.0 Å². The highest BCUT2D eigenvalue weighted by molar-refractivity contribution is 5.75. The van der Waals surface area contributed by atoms with Gasteiger partial charge in [0.05, 0.1) is 23.3 Å². The smallest absolute Gasteiger partial charge is 0.222 e. The summed E-state index contributed by atoms with van der Waals surface area (Å²) in [6, 6.07) is 6.70. The van der Waals surface area contributed by atoms with E-state index in [2.05, 4.69) is 19.9 Å². The Morgan fingerprint density at radius 1 is 1.24 bits per heavy atom. The number of nitrogen functional groups attached to an aromatic ring is 1. The molecule has 25 heavy (non-hydrogen) atoms. The van der Waals surface area contributed by atoms with Crippen molar-refractivity contribution in [3.63, 3.8) is 0 Å². The van der Waals surface area contributed by atoms with Gasteiger partial charge >= 0.3 is 0 Å². The van der Waals surface area contributed by atoms with E-state index in [1.807, 2.05) is 18.0 Å². The molecule has 3 aromatic rings. The summed E-state index contributed by atoms with van der Waals surface area (Å²) in [6.45, 7) is 0.496. The minimum atomic E-state index is -0.289. The Morgan fingerprint density at radius 2 is 2.04 bits per heavy atom. The van der Waals surface area contributed by atoms with Gasteiger partial charge in [-0.3, -0.25) is 0 Å². The van der Waals surface area contributed by atoms with Gasteiger partial charge in [-0.15, -0.1) is 0 Å². The van der Waals surface area contributed by atoms with Crippen molar-refractivity contribution in [1.82, 2.24) is 19.9 Å². The number of imidazole rings is 1. The molecule has 1 aliphatic rings. The van der Waals surface area contributed by atoms with Crippen molar-refractivity contribution < 1.29 is 4.39 Å². The molecule has 0 saturated heterocycles. The van der Waals surface area contributed by atoms with Crippen LogP contribution in [0.15, 0.2) is 24.3 Å². The SMILES string of the molecule is CN(Cc1nc2ccc(F)cc2[nH]1)c1cc(C2CC(N)C2)nc(N)n1. The van der Waals surface area contributed by atoms with Crippen molar-refractivity contribution in [2.75, 3.05) is 17.7 Å². The van der Waals surface area contributed by atoms with E-state index in [0.717, 1.165) is 35.7 Å². The van der Waals surface area contributed by atoms with Crippen molar-refractivity contribution in [2.24, 2.45) is 5.73 Å². The highest BCUT2D eigenvalue weighted by Gasteiger charge is 2.29. The zero-order chi connectivity index (χ0) is 17.6. The normalized spacial score (nSPS) is 19.8. The predicted molar refractivity (Wildman–Crippen MR) is 94.6 cm³/mol. The molecule has 0 radical (unpaired) electrons. The van der Waals surface area contributed by atoms with Crippen molar-refractivity contribution in [3.8, 4) is 0 Å². The molecule has 2 aromatic heterocycles. The van der Waals surface area contributed by atoms with Crippen LogP contribution in [0.3, 0.4) is 0 Å². The van der Waals surface area contributed by atoms with Gasteiger partial charge in [-0.1, -0.05) is 0 Å². The maximum Gasteiger partial charge on any atom is 0.222 e. The van der Waals surface area contributed by atoms with Crippen molar-refractivity contribution in [3.05, 3.63) is 41.6 Å². The summed E-state index contributed by atoms with van der Waals surface area (Å²) in [6.07, 6.45) is 1.85. The molecular weight excluding hydrogens is 321 g/mol. The van der Waals surface area contributed by atoms with Gasteiger partial charge in [-0.25, -0.2) is 14.4 Å². The molecular formula is C17H20FN7. The van der Waals surface area contributed by atoms with Crippen LogP contribution >= 0.6 is 0 Å². The molecule has 0 bridgehead atoms. The summed E-state index contributed by atoms with van der Waals surface area (Å²) in [5, 5.41) is 0. The minimum Gasteiger partial charge on any atom is -0.368 e. The maximum absolute atomic E-state index is 13.3. The number of halogens is 1. The Kier molecular flexibility index (Phi) is 3.76. The molecule has 0 amide bonds. The zero-order valence-corrected chi connectivity index (χ0v) is 13.9. The fourth-order valence-electron chi connectivity index (χ4n) is 3.19. The van der Waals surface area contributed by atoms with E-state index < -0.39 is 0 Å². The van der Waals surface area contributed by atoms with Crippen LogP contribution in [0.5, 0.6) is 0 Å². The van der Waals surface area contributed by atoms with E-state index in [0.29, 0.717) is 18.0 Å². The van der Waals surface area contributed by atoms with Crippen LogP contribution in [0.1, 0.15) is 30.3 Å². The van der Waals surface area contributed by atoms with E-state index in [-0.39, 0.29) is 17.8 Å². The molecule has 130 valence electrons. The Morgan fingerprint density at radius 3 is 2.80 bits per heavy atom. The van der Waals surface area contributed by atoms with Crippen LogP contribution in [0.4, 0.5) is 16.2 Å². The number of nitrogens with zero attached hydrogens (tertiary/aromatic N) is 4. The fourth-order valence-corrected chi connectivity index (χ4v) is 3.19. The van der Waals surface area contributed by atoms with Gasteiger partial charge in [0.1, 0.15) is 17.5 Å². The number of fused-ring (bicyclic) bond motifs is 1. The van der Waals surface area contributed by atoms with Crippen LogP contribution in [-0.2, 0) is 6.54 Å². The van der Waals surface area contributed by atoms with E-state index in [9.17, 15) is 4.39 Å². The summed E-state index contributed by atoms with van der Waals surface area (Å²) in [7, 11) is 1.91. The molecule has 8 heteroatoms. The third kappa shape index (κ3) is 3.12. The van der Waals surface area contributed by atoms with Gasteiger partial charge in [0, 0.05) is 25.1 Å². The monoisotopic (exact) mass is 341 g/mol. The molecule has 7 nitrogen and oxygen atoms in total. The summed E-state index contributed by atoms with van der Waals surface area (Å²) in [5.41, 5.74) is 14.1. The highest BCUT2D eigenvalue weighted by atomic mass is 19.1. The first-order valence-electron chi connectivity index (χ1n) is 8.23. The molecule has 1 saturated carbocycles. The molecule has 1 fully saturated rings. The number of hydrogen-bond donors (Lipinski definition) is 3. The summed E-state index contributed by atoms with van der Waals surface area (Å²) < 4.78 is 13.3. The second-order valence-corrected chi connectivity index (χ2v) is 6.64. The minimum absolute atomic E-state index is 0.248. The van der Waals surface area contributed by atoms with E-state index >= 15 is 0 Å². The van der Waals surface area contributed by atoms with Crippen molar-refractivity contribution in [1.29, 1.82) is 0 Å². The molecule has 5 N–H and O–H groups in total. The quantitative estimate of drug-likeness (QED) is 0.669. The zero-order valence-electron chi connectivity index (χ0n) is 13.9. The molecule has 0 unspecified atom stereocenters. The molecule has 0 spiro atoms. The number of nitrogens with one attached hydrogen (secondary N) is 1. The molecule has 0 atom stereocenters. The van der Waals surface area contributed by atoms with Gasteiger partial charge in [0.15, 0.2) is 0 Å². The molecule has 1 aromatic carbocycles. The largest absolute Gasteiger partial charge is 0.368 e. The lowest BCUT2D eigenvalue weighted by molar-refractivity contribution is 0.345. The third-order valence-corrected chi connectivity index (χ3v) is 4.61. The average molecular weight is 341 g/mol. The molecule has 4 rings (SSSR count). The number of nitrogens with two attached hydrogens (primary N) is 2. The van der Waals surface area contributed by atoms with Gasteiger partial charge in [0.2, 0.25) is 5.95 Å². The summed E-state index contributed by atoms with van der Waals surface area (Å²) in [5.74, 6) is 1.78. The first-order valence-corrected chi connectivity index (χ1v) is 8.23. The lowest BCUT2D eigenvalue weighted by Crippen LogP contribution is -2.35. The lowest BCUT2D eigenvalue weighted by atomic mass is 9.78. The fraction of sp³-hybridized carbons (Fsp3) is 0.353. The maximum atomic E-state index is 13.3. The third-order valence-electron chi connectivity index (χ3n) is 4.61. The first kappa shape index (κ1) is 15.8. The Balaban J connectivity index is 1.56. The topological polar surface area (TPSA) is 110 Å². The molecule has 2 heterocycles. The summed E-state index contributed by atoms with van der Waals surface area (Å²) >= 11 is 0. The van der Waals surface area contributed by atoms with Gasteiger partial charge in [-0.2, -0.15) is 4.98 Å². The predicted octanol–water partition coefficient (Wildman–Crippen LogP) is 1.92. The van der Waals surface area contributed by atoms with Crippen molar-refractivity contribution in [2.45, 2.75) is 31.3 Å². The Bertz CT molecular complexity index is 917. The van der Waals surface area contributed by atoms with E-state index in [4.69, 9.17) is 11.5 Å². The van der Waals surface area contributed by atoms with Gasteiger partial charge in [-0.05, 0) is 31.0 Å². The molecule has 1 aliphatic carbocycles. The lowest BCUT2D eigenvalue weighted by Gasteiger charge is -2.32. The number of benzene rings is 1. The average Bonchev–Trinajstić information content (AvgIpc) is 2.92. The van der Waals surface area contributed by atoms with E-state index in [1.54, 1.807) is 6.07 Å². The first-order chi connectivity index (χ1) is 12.0. The molecule has 0 aliphatic heterocycles. The number of rotatable bonds is 4. The van der Waals surface area contributed by atoms with E-state index in [1.165, 1.54) is 12.1 Å². The standard InChI is InChI=1S/C17H20FN7/c1-25(8-15-21-12-3-2-10(18)6-14(12)22-15)16-7-13(23-17(20)24-16)9-4-11(19)5-9/h2-3,6-7,9,11H,4-5,8,19H2,1H3,(H,21,22)(H2,20,23,24). The van der Waals surface area contributed by atoms with Crippen LogP contribution in [-0.4, -0.2) is 33.0 Å². The van der Waals surface area contributed by atoms with Crippen LogP contribution in [0.2, 0.25) is 0 Å². The van der Waals surface area contributed by atoms with Crippen LogP contribution < -0.4 is 16.4 Å². The van der Waals surface area contributed by atoms with Crippen molar-refractivity contribution >= 4 is 22.8 Å². The van der Waals surface area contributed by atoms with Crippen LogP contribution in [0, 0.1) is 5.82 Å². The van der Waals surface area contributed by atoms with Gasteiger partial charge in [0.25, 0.3) is 0 Å². The second-order valence-electron chi connectivity index (χ2n) is 6.64. The summed E-state index contributed by atoms with van der Waals surface area (Å²) in [4.78, 5) is 18.2. The number of H-pyrrole nitrogens is 1. The second kappa shape index (κ2) is 5.96. The number of aromatic amines is 1. The number of hydrogen-bond acceptors (Lipinski definition) is 6. The Labute approximate surface area is 144 Å².